The van der Waals surface area contributed by atoms with E-state index in [4.69, 9.17) is 4.74 Å². The van der Waals surface area contributed by atoms with Gasteiger partial charge in [0.1, 0.15) is 17.1 Å². The lowest BCUT2D eigenvalue weighted by Gasteiger charge is -2.08. The van der Waals surface area contributed by atoms with E-state index in [1.807, 2.05) is 37.3 Å². The smallest absolute Gasteiger partial charge is 0.330 e. The lowest BCUT2D eigenvalue weighted by atomic mass is 10.1. The molecule has 9 heteroatoms. The molecule has 2 heterocycles. The van der Waals surface area contributed by atoms with E-state index in [2.05, 4.69) is 20.3 Å². The summed E-state index contributed by atoms with van der Waals surface area (Å²) in [5, 5.41) is 2.84. The number of aromatic nitrogens is 4. The van der Waals surface area contributed by atoms with Gasteiger partial charge in [0.25, 0.3) is 11.5 Å². The van der Waals surface area contributed by atoms with Crippen LogP contribution in [0.2, 0.25) is 0 Å². The molecule has 0 aliphatic carbocycles. The van der Waals surface area contributed by atoms with Crippen LogP contribution in [-0.4, -0.2) is 38.6 Å². The SMILES string of the molecule is CCCn1c(=O)[nH]c2nc(-c3ccc(OCC(=O)NCCc4ccccc4)cc3)[nH]c2c1=O. The molecule has 0 saturated carbocycles. The highest BCUT2D eigenvalue weighted by molar-refractivity contribution is 5.77. The number of rotatable bonds is 9. The van der Waals surface area contributed by atoms with E-state index in [0.29, 0.717) is 36.6 Å². The molecular weight excluding hydrogens is 422 g/mol. The monoisotopic (exact) mass is 447 g/mol. The summed E-state index contributed by atoms with van der Waals surface area (Å²) in [6, 6.07) is 16.9. The summed E-state index contributed by atoms with van der Waals surface area (Å²) in [5.41, 5.74) is 1.48. The van der Waals surface area contributed by atoms with Crippen LogP contribution in [0.15, 0.2) is 64.2 Å². The van der Waals surface area contributed by atoms with Crippen LogP contribution in [0.5, 0.6) is 5.75 Å². The summed E-state index contributed by atoms with van der Waals surface area (Å²) in [5.74, 6) is 0.795. The number of amides is 1. The number of fused-ring (bicyclic) bond motifs is 1. The molecule has 3 N–H and O–H groups in total. The highest BCUT2D eigenvalue weighted by Crippen LogP contribution is 2.21. The molecule has 0 spiro atoms. The van der Waals surface area contributed by atoms with Crippen LogP contribution in [0.4, 0.5) is 0 Å². The molecule has 0 aliphatic rings. The molecular formula is C24H25N5O4. The number of benzene rings is 2. The highest BCUT2D eigenvalue weighted by Gasteiger charge is 2.13. The zero-order valence-electron chi connectivity index (χ0n) is 18.3. The fraction of sp³-hybridized carbons (Fsp3) is 0.250. The number of aromatic amines is 2. The Hall–Kier alpha value is -4.14. The molecule has 33 heavy (non-hydrogen) atoms. The Morgan fingerprint density at radius 1 is 1.06 bits per heavy atom. The third kappa shape index (κ3) is 5.20. The van der Waals surface area contributed by atoms with Crippen molar-refractivity contribution in [1.82, 2.24) is 24.8 Å². The highest BCUT2D eigenvalue weighted by atomic mass is 16.5. The van der Waals surface area contributed by atoms with Crippen molar-refractivity contribution in [2.24, 2.45) is 0 Å². The van der Waals surface area contributed by atoms with Gasteiger partial charge in [-0.25, -0.2) is 9.78 Å². The summed E-state index contributed by atoms with van der Waals surface area (Å²) >= 11 is 0. The predicted molar refractivity (Wildman–Crippen MR) is 125 cm³/mol. The quantitative estimate of drug-likeness (QED) is 0.363. The van der Waals surface area contributed by atoms with Crippen LogP contribution >= 0.6 is 0 Å². The maximum Gasteiger partial charge on any atom is 0.330 e. The number of hydrogen-bond donors (Lipinski definition) is 3. The topological polar surface area (TPSA) is 122 Å². The van der Waals surface area contributed by atoms with Gasteiger partial charge in [0.15, 0.2) is 12.3 Å². The third-order valence-electron chi connectivity index (χ3n) is 5.16. The summed E-state index contributed by atoms with van der Waals surface area (Å²) < 4.78 is 6.71. The zero-order valence-corrected chi connectivity index (χ0v) is 18.3. The Labute approximate surface area is 189 Å². The Balaban J connectivity index is 1.36. The molecule has 2 aromatic heterocycles. The van der Waals surface area contributed by atoms with Gasteiger partial charge < -0.3 is 15.0 Å². The number of hydrogen-bond acceptors (Lipinski definition) is 5. The number of carbonyl (C=O) groups excluding carboxylic acids is 1. The molecule has 4 rings (SSSR count). The number of nitrogens with one attached hydrogen (secondary N) is 3. The Morgan fingerprint density at radius 3 is 2.55 bits per heavy atom. The number of imidazole rings is 1. The van der Waals surface area contributed by atoms with Gasteiger partial charge in [-0.15, -0.1) is 0 Å². The van der Waals surface area contributed by atoms with Crippen LogP contribution in [0.1, 0.15) is 18.9 Å². The molecule has 0 bridgehead atoms. The second-order valence-electron chi connectivity index (χ2n) is 7.59. The fourth-order valence-corrected chi connectivity index (χ4v) is 3.48. The molecule has 0 saturated heterocycles. The molecule has 0 fully saturated rings. The van der Waals surface area contributed by atoms with Gasteiger partial charge in [-0.1, -0.05) is 37.3 Å². The number of ether oxygens (including phenoxy) is 1. The molecule has 170 valence electrons. The van der Waals surface area contributed by atoms with Crippen molar-refractivity contribution in [1.29, 1.82) is 0 Å². The van der Waals surface area contributed by atoms with Crippen molar-refractivity contribution in [2.45, 2.75) is 26.3 Å². The molecule has 0 unspecified atom stereocenters. The minimum Gasteiger partial charge on any atom is -0.484 e. The van der Waals surface area contributed by atoms with Crippen LogP contribution in [0.3, 0.4) is 0 Å². The Kier molecular flexibility index (Phi) is 6.68. The zero-order chi connectivity index (χ0) is 23.2. The standard InChI is InChI=1S/C24H25N5O4/c1-2-14-29-23(31)20-22(28-24(29)32)27-21(26-20)17-8-10-18(11-9-17)33-15-19(30)25-13-12-16-6-4-3-5-7-16/h3-11H,2,12-15H2,1H3,(H,25,30)(H,26,27)(H,28,32). The Bertz CT molecular complexity index is 1350. The maximum absolute atomic E-state index is 12.6. The first-order valence-electron chi connectivity index (χ1n) is 10.8. The first-order chi connectivity index (χ1) is 16.0. The largest absolute Gasteiger partial charge is 0.484 e. The van der Waals surface area contributed by atoms with E-state index in [9.17, 15) is 14.4 Å². The average molecular weight is 447 g/mol. The van der Waals surface area contributed by atoms with Gasteiger partial charge >= 0.3 is 5.69 Å². The minimum absolute atomic E-state index is 0.0863. The van der Waals surface area contributed by atoms with Crippen molar-refractivity contribution >= 4 is 17.1 Å². The summed E-state index contributed by atoms with van der Waals surface area (Å²) in [7, 11) is 0. The normalized spacial score (nSPS) is 10.9. The third-order valence-corrected chi connectivity index (χ3v) is 5.16. The van der Waals surface area contributed by atoms with Crippen LogP contribution in [0, 0.1) is 0 Å². The second kappa shape index (κ2) is 9.99. The van der Waals surface area contributed by atoms with Gasteiger partial charge in [0.2, 0.25) is 0 Å². The molecule has 9 nitrogen and oxygen atoms in total. The van der Waals surface area contributed by atoms with Crippen molar-refractivity contribution in [3.63, 3.8) is 0 Å². The second-order valence-corrected chi connectivity index (χ2v) is 7.59. The van der Waals surface area contributed by atoms with Crippen LogP contribution in [-0.2, 0) is 17.8 Å². The van der Waals surface area contributed by atoms with Gasteiger partial charge in [-0.2, -0.15) is 0 Å². The van der Waals surface area contributed by atoms with E-state index in [-0.39, 0.29) is 23.7 Å². The molecule has 4 aromatic rings. The molecule has 0 radical (unpaired) electrons. The first-order valence-corrected chi connectivity index (χ1v) is 10.8. The van der Waals surface area contributed by atoms with Crippen molar-refractivity contribution < 1.29 is 9.53 Å². The lowest BCUT2D eigenvalue weighted by Crippen LogP contribution is -2.34. The Morgan fingerprint density at radius 2 is 1.82 bits per heavy atom. The van der Waals surface area contributed by atoms with E-state index >= 15 is 0 Å². The number of nitrogens with zero attached hydrogens (tertiary/aromatic N) is 2. The predicted octanol–water partition coefficient (Wildman–Crippen LogP) is 2.23. The van der Waals surface area contributed by atoms with E-state index < -0.39 is 11.2 Å². The lowest BCUT2D eigenvalue weighted by molar-refractivity contribution is -0.123. The van der Waals surface area contributed by atoms with Gasteiger partial charge in [-0.05, 0) is 42.7 Å². The molecule has 1 amide bonds. The van der Waals surface area contributed by atoms with Crippen molar-refractivity contribution in [3.8, 4) is 17.1 Å². The van der Waals surface area contributed by atoms with Crippen molar-refractivity contribution in [3.05, 3.63) is 81.0 Å². The minimum atomic E-state index is -0.474. The number of H-pyrrole nitrogens is 2. The van der Waals surface area contributed by atoms with E-state index in [1.165, 1.54) is 0 Å². The van der Waals surface area contributed by atoms with Crippen LogP contribution in [0.25, 0.3) is 22.6 Å². The van der Waals surface area contributed by atoms with E-state index in [1.54, 1.807) is 24.3 Å². The fourth-order valence-electron chi connectivity index (χ4n) is 3.48. The maximum atomic E-state index is 12.6. The molecule has 0 aliphatic heterocycles. The van der Waals surface area contributed by atoms with Gasteiger partial charge in [-0.3, -0.25) is 19.1 Å². The summed E-state index contributed by atoms with van der Waals surface area (Å²) in [6.45, 7) is 2.69. The summed E-state index contributed by atoms with van der Waals surface area (Å²) in [4.78, 5) is 46.6. The molecule has 0 atom stereocenters. The van der Waals surface area contributed by atoms with Crippen LogP contribution < -0.4 is 21.3 Å². The first kappa shape index (κ1) is 22.1. The van der Waals surface area contributed by atoms with E-state index in [0.717, 1.165) is 16.6 Å². The summed E-state index contributed by atoms with van der Waals surface area (Å²) in [6.07, 6.45) is 1.43. The van der Waals surface area contributed by atoms with Gasteiger partial charge in [0, 0.05) is 18.7 Å². The van der Waals surface area contributed by atoms with Gasteiger partial charge in [0.05, 0.1) is 0 Å². The average Bonchev–Trinajstić information content (AvgIpc) is 3.25. The van der Waals surface area contributed by atoms with Crippen molar-refractivity contribution in [2.75, 3.05) is 13.2 Å². The number of carbonyl (C=O) groups is 1. The molecule has 2 aromatic carbocycles.